The van der Waals surface area contributed by atoms with Crippen molar-refractivity contribution in [3.63, 3.8) is 0 Å². The van der Waals surface area contributed by atoms with Crippen LogP contribution in [0.2, 0.25) is 5.02 Å². The Bertz CT molecular complexity index is 538. The molecule has 0 aliphatic carbocycles. The van der Waals surface area contributed by atoms with E-state index >= 15 is 0 Å². The second-order valence-corrected chi connectivity index (χ2v) is 4.45. The first kappa shape index (κ1) is 11.5. The molecular weight excluding hydrogens is 254 g/mol. The van der Waals surface area contributed by atoms with Crippen molar-refractivity contribution in [2.45, 2.75) is 0 Å². The van der Waals surface area contributed by atoms with Gasteiger partial charge in [-0.2, -0.15) is 4.98 Å². The lowest BCUT2D eigenvalue weighted by Crippen LogP contribution is -2.36. The molecule has 94 valence electrons. The van der Waals surface area contributed by atoms with Crippen LogP contribution >= 0.6 is 11.6 Å². The monoisotopic (exact) mass is 265 g/mol. The van der Waals surface area contributed by atoms with Crippen LogP contribution in [0.15, 0.2) is 28.8 Å². The summed E-state index contributed by atoms with van der Waals surface area (Å²) in [5, 5.41) is 4.63. The highest BCUT2D eigenvalue weighted by atomic mass is 35.5. The van der Waals surface area contributed by atoms with E-state index in [9.17, 15) is 0 Å². The number of nitrogens with zero attached hydrogens (tertiary/aromatic N) is 3. The molecule has 1 saturated heterocycles. The number of aromatic nitrogens is 2. The number of halogens is 1. The fraction of sp³-hybridized carbons (Fsp3) is 0.333. The third-order valence-electron chi connectivity index (χ3n) is 2.78. The second-order valence-electron chi connectivity index (χ2n) is 4.01. The molecule has 2 heterocycles. The van der Waals surface area contributed by atoms with Gasteiger partial charge in [0.25, 0.3) is 0 Å². The Morgan fingerprint density at radius 3 is 2.83 bits per heavy atom. The highest BCUT2D eigenvalue weighted by Crippen LogP contribution is 2.22. The molecule has 2 aromatic rings. The molecule has 1 fully saturated rings. The van der Waals surface area contributed by atoms with E-state index in [-0.39, 0.29) is 0 Å². The Hall–Kier alpha value is -1.59. The largest absolute Gasteiger partial charge is 0.378 e. The summed E-state index contributed by atoms with van der Waals surface area (Å²) in [5.74, 6) is 0.555. The van der Waals surface area contributed by atoms with E-state index in [2.05, 4.69) is 10.1 Å². The smallest absolute Gasteiger partial charge is 0.324 e. The van der Waals surface area contributed by atoms with Crippen molar-refractivity contribution in [3.05, 3.63) is 29.3 Å². The van der Waals surface area contributed by atoms with Crippen molar-refractivity contribution >= 4 is 17.6 Å². The Morgan fingerprint density at radius 1 is 1.22 bits per heavy atom. The van der Waals surface area contributed by atoms with Crippen LogP contribution in [0.3, 0.4) is 0 Å². The summed E-state index contributed by atoms with van der Waals surface area (Å²) in [6, 6.07) is 7.93. The zero-order valence-corrected chi connectivity index (χ0v) is 10.4. The molecule has 1 aliphatic rings. The van der Waals surface area contributed by atoms with Gasteiger partial charge in [0.05, 0.1) is 13.2 Å². The van der Waals surface area contributed by atoms with E-state index < -0.39 is 0 Å². The number of rotatable bonds is 2. The number of morpholine rings is 1. The van der Waals surface area contributed by atoms with E-state index in [4.69, 9.17) is 20.9 Å². The summed E-state index contributed by atoms with van der Waals surface area (Å²) in [6.07, 6.45) is 0. The van der Waals surface area contributed by atoms with Crippen LogP contribution in [0.4, 0.5) is 6.01 Å². The maximum Gasteiger partial charge on any atom is 0.324 e. The first-order valence-electron chi connectivity index (χ1n) is 5.75. The highest BCUT2D eigenvalue weighted by molar-refractivity contribution is 6.30. The van der Waals surface area contributed by atoms with E-state index in [1.54, 1.807) is 0 Å². The number of benzene rings is 1. The third-order valence-corrected chi connectivity index (χ3v) is 3.01. The van der Waals surface area contributed by atoms with Gasteiger partial charge in [0.1, 0.15) is 0 Å². The molecule has 1 aromatic heterocycles. The zero-order valence-electron chi connectivity index (χ0n) is 9.67. The number of hydrogen-bond acceptors (Lipinski definition) is 5. The predicted octanol–water partition coefficient (Wildman–Crippen LogP) is 2.23. The quantitative estimate of drug-likeness (QED) is 0.833. The standard InChI is InChI=1S/C12H12ClN3O2/c13-10-3-1-2-9(8-10)11-14-12(18-15-11)16-4-6-17-7-5-16/h1-3,8H,4-7H2. The highest BCUT2D eigenvalue weighted by Gasteiger charge is 2.18. The Kier molecular flexibility index (Phi) is 3.17. The van der Waals surface area contributed by atoms with E-state index in [0.29, 0.717) is 30.1 Å². The van der Waals surface area contributed by atoms with E-state index in [0.717, 1.165) is 18.7 Å². The molecule has 1 aromatic carbocycles. The van der Waals surface area contributed by atoms with E-state index in [1.807, 2.05) is 29.2 Å². The molecule has 5 nitrogen and oxygen atoms in total. The molecule has 0 unspecified atom stereocenters. The summed E-state index contributed by atoms with van der Waals surface area (Å²) >= 11 is 5.94. The second kappa shape index (κ2) is 4.96. The van der Waals surface area contributed by atoms with Crippen LogP contribution in [-0.4, -0.2) is 36.4 Å². The van der Waals surface area contributed by atoms with Crippen LogP contribution < -0.4 is 4.90 Å². The molecule has 1 aliphatic heterocycles. The topological polar surface area (TPSA) is 51.4 Å². The zero-order chi connectivity index (χ0) is 12.4. The van der Waals surface area contributed by atoms with Gasteiger partial charge >= 0.3 is 6.01 Å². The van der Waals surface area contributed by atoms with Gasteiger partial charge in [-0.3, -0.25) is 0 Å². The number of ether oxygens (including phenoxy) is 1. The summed E-state index contributed by atoms with van der Waals surface area (Å²) in [6.45, 7) is 2.93. The van der Waals surface area contributed by atoms with Gasteiger partial charge in [0, 0.05) is 23.7 Å². The lowest BCUT2D eigenvalue weighted by Gasteiger charge is -2.24. The molecule has 0 amide bonds. The van der Waals surface area contributed by atoms with Crippen LogP contribution in [0.5, 0.6) is 0 Å². The molecule has 3 rings (SSSR count). The molecule has 0 radical (unpaired) electrons. The Balaban J connectivity index is 1.84. The van der Waals surface area contributed by atoms with Crippen LogP contribution in [0.1, 0.15) is 0 Å². The number of hydrogen-bond donors (Lipinski definition) is 0. The van der Waals surface area contributed by atoms with Gasteiger partial charge in [-0.1, -0.05) is 28.9 Å². The maximum atomic E-state index is 5.94. The van der Waals surface area contributed by atoms with Crippen molar-refractivity contribution in [2.75, 3.05) is 31.2 Å². The fourth-order valence-corrected chi connectivity index (χ4v) is 2.03. The van der Waals surface area contributed by atoms with Gasteiger partial charge in [-0.05, 0) is 12.1 Å². The first-order chi connectivity index (χ1) is 8.83. The van der Waals surface area contributed by atoms with Gasteiger partial charge in [-0.15, -0.1) is 0 Å². The van der Waals surface area contributed by atoms with Gasteiger partial charge < -0.3 is 14.2 Å². The number of anilines is 1. The van der Waals surface area contributed by atoms with Gasteiger partial charge in [0.2, 0.25) is 5.82 Å². The minimum atomic E-state index is 0.535. The Morgan fingerprint density at radius 2 is 2.06 bits per heavy atom. The minimum absolute atomic E-state index is 0.535. The van der Waals surface area contributed by atoms with E-state index in [1.165, 1.54) is 0 Å². The van der Waals surface area contributed by atoms with Crippen molar-refractivity contribution in [1.29, 1.82) is 0 Å². The lowest BCUT2D eigenvalue weighted by atomic mass is 10.2. The van der Waals surface area contributed by atoms with Crippen LogP contribution in [-0.2, 0) is 4.74 Å². The van der Waals surface area contributed by atoms with Crippen molar-refractivity contribution < 1.29 is 9.26 Å². The first-order valence-corrected chi connectivity index (χ1v) is 6.13. The van der Waals surface area contributed by atoms with Crippen molar-refractivity contribution in [3.8, 4) is 11.4 Å². The van der Waals surface area contributed by atoms with Gasteiger partial charge in [0.15, 0.2) is 0 Å². The molecule has 18 heavy (non-hydrogen) atoms. The van der Waals surface area contributed by atoms with Crippen LogP contribution in [0.25, 0.3) is 11.4 Å². The van der Waals surface area contributed by atoms with Crippen molar-refractivity contribution in [1.82, 2.24) is 10.1 Å². The molecule has 0 saturated carbocycles. The minimum Gasteiger partial charge on any atom is -0.378 e. The molecule has 0 atom stereocenters. The lowest BCUT2D eigenvalue weighted by molar-refractivity contribution is 0.119. The van der Waals surface area contributed by atoms with Crippen molar-refractivity contribution in [2.24, 2.45) is 0 Å². The van der Waals surface area contributed by atoms with Gasteiger partial charge in [-0.25, -0.2) is 0 Å². The summed E-state index contributed by atoms with van der Waals surface area (Å²) in [7, 11) is 0. The predicted molar refractivity (Wildman–Crippen MR) is 67.8 cm³/mol. The molecule has 0 bridgehead atoms. The molecule has 6 heteroatoms. The summed E-state index contributed by atoms with van der Waals surface area (Å²) in [4.78, 5) is 6.40. The normalized spacial score (nSPS) is 15.9. The van der Waals surface area contributed by atoms with Crippen LogP contribution in [0, 0.1) is 0 Å². The molecular formula is C12H12ClN3O2. The fourth-order valence-electron chi connectivity index (χ4n) is 1.84. The molecule has 0 spiro atoms. The maximum absolute atomic E-state index is 5.94. The Labute approximate surface area is 109 Å². The average molecular weight is 266 g/mol. The third kappa shape index (κ3) is 2.32. The molecule has 0 N–H and O–H groups in total. The summed E-state index contributed by atoms with van der Waals surface area (Å²) < 4.78 is 10.5. The SMILES string of the molecule is Clc1cccc(-c2noc(N3CCOCC3)n2)c1. The summed E-state index contributed by atoms with van der Waals surface area (Å²) in [5.41, 5.74) is 0.853. The average Bonchev–Trinajstić information content (AvgIpc) is 2.89.